The zero-order chi connectivity index (χ0) is 26.0. The smallest absolute Gasteiger partial charge is 0.416 e. The average Bonchev–Trinajstić information content (AvgIpc) is 3.04. The molecule has 0 saturated heterocycles. The van der Waals surface area contributed by atoms with Gasteiger partial charge in [0.05, 0.1) is 23.9 Å². The SMILES string of the molecule is CC(C)OC(=O)CCC/C=C\C[C@@H]1[C@@H](/C=C/[C@@H](O)COc2ccc(C(F)(F)F)cc2)[C@H](O)C[C@@H]1O. The second-order valence-electron chi connectivity index (χ2n) is 9.03. The third-order valence-electron chi connectivity index (χ3n) is 5.77. The zero-order valence-electron chi connectivity index (χ0n) is 20.0. The molecule has 0 spiro atoms. The Balaban J connectivity index is 1.80. The van der Waals surface area contributed by atoms with Crippen molar-refractivity contribution in [3.63, 3.8) is 0 Å². The molecule has 1 aromatic rings. The van der Waals surface area contributed by atoms with Crippen LogP contribution < -0.4 is 4.74 Å². The van der Waals surface area contributed by atoms with Gasteiger partial charge in [-0.2, -0.15) is 13.2 Å². The van der Waals surface area contributed by atoms with Crippen molar-refractivity contribution < 1.29 is 42.8 Å². The summed E-state index contributed by atoms with van der Waals surface area (Å²) in [5.41, 5.74) is -0.784. The number of halogens is 3. The lowest BCUT2D eigenvalue weighted by molar-refractivity contribution is -0.147. The molecule has 1 aliphatic carbocycles. The second-order valence-corrected chi connectivity index (χ2v) is 9.03. The van der Waals surface area contributed by atoms with Crippen LogP contribution in [0.1, 0.15) is 51.5 Å². The average molecular weight is 501 g/mol. The van der Waals surface area contributed by atoms with Crippen molar-refractivity contribution in [2.45, 2.75) is 76.5 Å². The summed E-state index contributed by atoms with van der Waals surface area (Å²) in [4.78, 5) is 11.5. The maximum absolute atomic E-state index is 12.6. The van der Waals surface area contributed by atoms with E-state index in [1.165, 1.54) is 18.2 Å². The van der Waals surface area contributed by atoms with Gasteiger partial charge in [0, 0.05) is 18.8 Å². The Bertz CT molecular complexity index is 834. The highest BCUT2D eigenvalue weighted by Crippen LogP contribution is 2.36. The fraction of sp³-hybridized carbons (Fsp3) is 0.577. The van der Waals surface area contributed by atoms with Gasteiger partial charge in [-0.1, -0.05) is 24.3 Å². The first kappa shape index (κ1) is 28.9. The Morgan fingerprint density at radius 1 is 1.14 bits per heavy atom. The molecule has 0 amide bonds. The fourth-order valence-electron chi connectivity index (χ4n) is 4.00. The number of esters is 1. The van der Waals surface area contributed by atoms with E-state index in [9.17, 15) is 33.3 Å². The lowest BCUT2D eigenvalue weighted by Crippen LogP contribution is -2.21. The first-order valence-corrected chi connectivity index (χ1v) is 11.8. The van der Waals surface area contributed by atoms with Crippen LogP contribution in [-0.2, 0) is 15.7 Å². The van der Waals surface area contributed by atoms with Crippen molar-refractivity contribution >= 4 is 5.97 Å². The number of unbranched alkanes of at least 4 members (excludes halogenated alkanes) is 1. The number of aliphatic hydroxyl groups is 3. The third kappa shape index (κ3) is 10.0. The highest BCUT2D eigenvalue weighted by molar-refractivity contribution is 5.69. The van der Waals surface area contributed by atoms with Crippen LogP contribution in [0.25, 0.3) is 0 Å². The number of allylic oxidation sites excluding steroid dienone is 2. The standard InChI is InChI=1S/C26H35F3O6/c1-17(2)35-25(33)8-6-4-3-5-7-21-22(24(32)15-23(21)31)14-11-19(30)16-34-20-12-9-18(10-13-20)26(27,28)29/h3,5,9-14,17,19,21-24,30-32H,4,6-8,15-16H2,1-2H3/b5-3-,14-11+/t19-,21-,22-,23+,24-/m1/s1. The van der Waals surface area contributed by atoms with Gasteiger partial charge in [0.25, 0.3) is 0 Å². The monoisotopic (exact) mass is 500 g/mol. The van der Waals surface area contributed by atoms with Crippen LogP contribution in [0.15, 0.2) is 48.6 Å². The van der Waals surface area contributed by atoms with Crippen LogP contribution >= 0.6 is 0 Å². The van der Waals surface area contributed by atoms with E-state index in [0.717, 1.165) is 12.1 Å². The van der Waals surface area contributed by atoms with Crippen LogP contribution in [0, 0.1) is 11.8 Å². The van der Waals surface area contributed by atoms with Crippen molar-refractivity contribution in [1.82, 2.24) is 0 Å². The predicted molar refractivity (Wildman–Crippen MR) is 125 cm³/mol. The summed E-state index contributed by atoms with van der Waals surface area (Å²) in [7, 11) is 0. The molecule has 6 nitrogen and oxygen atoms in total. The molecule has 9 heteroatoms. The zero-order valence-corrected chi connectivity index (χ0v) is 20.0. The molecule has 1 saturated carbocycles. The van der Waals surface area contributed by atoms with Gasteiger partial charge in [-0.3, -0.25) is 4.79 Å². The van der Waals surface area contributed by atoms with Gasteiger partial charge in [0.15, 0.2) is 0 Å². The Hall–Kier alpha value is -2.36. The van der Waals surface area contributed by atoms with E-state index in [1.54, 1.807) is 19.9 Å². The topological polar surface area (TPSA) is 96.2 Å². The molecule has 196 valence electrons. The molecule has 5 atom stereocenters. The first-order chi connectivity index (χ1) is 16.5. The molecular weight excluding hydrogens is 465 g/mol. The van der Waals surface area contributed by atoms with E-state index in [4.69, 9.17) is 9.47 Å². The maximum Gasteiger partial charge on any atom is 0.416 e. The summed E-state index contributed by atoms with van der Waals surface area (Å²) in [5.74, 6) is -0.626. The Labute approximate surface area is 204 Å². The van der Waals surface area contributed by atoms with E-state index in [0.29, 0.717) is 25.7 Å². The molecule has 0 radical (unpaired) electrons. The lowest BCUT2D eigenvalue weighted by atomic mass is 9.89. The molecule has 35 heavy (non-hydrogen) atoms. The van der Waals surface area contributed by atoms with Crippen LogP contribution in [0.4, 0.5) is 13.2 Å². The van der Waals surface area contributed by atoms with Gasteiger partial charge in [-0.25, -0.2) is 0 Å². The molecule has 0 bridgehead atoms. The minimum absolute atomic E-state index is 0.131. The Kier molecular flexibility index (Phi) is 11.3. The second kappa shape index (κ2) is 13.7. The molecule has 1 fully saturated rings. The highest BCUT2D eigenvalue weighted by atomic mass is 19.4. The molecule has 1 aliphatic rings. The molecule has 2 rings (SSSR count). The number of ether oxygens (including phenoxy) is 2. The van der Waals surface area contributed by atoms with Crippen LogP contribution in [-0.4, -0.2) is 52.3 Å². The number of hydrogen-bond donors (Lipinski definition) is 3. The number of alkyl halides is 3. The molecular formula is C26H35F3O6. The van der Waals surface area contributed by atoms with Crippen LogP contribution in [0.3, 0.4) is 0 Å². The summed E-state index contributed by atoms with van der Waals surface area (Å²) in [6.45, 7) is 3.43. The quantitative estimate of drug-likeness (QED) is 0.223. The van der Waals surface area contributed by atoms with Crippen molar-refractivity contribution in [3.8, 4) is 5.75 Å². The maximum atomic E-state index is 12.6. The molecule has 3 N–H and O–H groups in total. The number of benzene rings is 1. The summed E-state index contributed by atoms with van der Waals surface area (Å²) < 4.78 is 48.3. The summed E-state index contributed by atoms with van der Waals surface area (Å²) >= 11 is 0. The Morgan fingerprint density at radius 3 is 2.46 bits per heavy atom. The van der Waals surface area contributed by atoms with E-state index >= 15 is 0 Å². The van der Waals surface area contributed by atoms with Crippen molar-refractivity contribution in [3.05, 3.63) is 54.1 Å². The van der Waals surface area contributed by atoms with Crippen LogP contribution in [0.5, 0.6) is 5.75 Å². The van der Waals surface area contributed by atoms with Crippen LogP contribution in [0.2, 0.25) is 0 Å². The number of hydrogen-bond acceptors (Lipinski definition) is 6. The summed E-state index contributed by atoms with van der Waals surface area (Å²) in [6.07, 6.45) is 2.38. The predicted octanol–water partition coefficient (Wildman–Crippen LogP) is 4.43. The van der Waals surface area contributed by atoms with Gasteiger partial charge in [-0.15, -0.1) is 0 Å². The number of carbonyl (C=O) groups is 1. The molecule has 0 heterocycles. The molecule has 0 aliphatic heterocycles. The minimum Gasteiger partial charge on any atom is -0.491 e. The third-order valence-corrected chi connectivity index (χ3v) is 5.77. The Morgan fingerprint density at radius 2 is 1.83 bits per heavy atom. The number of aliphatic hydroxyl groups excluding tert-OH is 3. The van der Waals surface area contributed by atoms with Gasteiger partial charge in [0.2, 0.25) is 0 Å². The molecule has 1 aromatic carbocycles. The normalized spacial score (nSPS) is 23.9. The number of rotatable bonds is 12. The van der Waals surface area contributed by atoms with E-state index in [1.807, 2.05) is 12.2 Å². The van der Waals surface area contributed by atoms with E-state index in [2.05, 4.69) is 0 Å². The van der Waals surface area contributed by atoms with Crippen molar-refractivity contribution in [1.29, 1.82) is 0 Å². The minimum atomic E-state index is -4.43. The largest absolute Gasteiger partial charge is 0.491 e. The van der Waals surface area contributed by atoms with Gasteiger partial charge >= 0.3 is 12.1 Å². The fourth-order valence-corrected chi connectivity index (χ4v) is 4.00. The molecule has 0 unspecified atom stereocenters. The van der Waals surface area contributed by atoms with Gasteiger partial charge < -0.3 is 24.8 Å². The number of carbonyl (C=O) groups excluding carboxylic acids is 1. The van der Waals surface area contributed by atoms with Crippen molar-refractivity contribution in [2.75, 3.05) is 6.61 Å². The molecule has 0 aromatic heterocycles. The van der Waals surface area contributed by atoms with E-state index in [-0.39, 0.29) is 42.7 Å². The summed E-state index contributed by atoms with van der Waals surface area (Å²) in [6, 6.07) is 4.18. The highest BCUT2D eigenvalue weighted by Gasteiger charge is 2.39. The van der Waals surface area contributed by atoms with Crippen molar-refractivity contribution in [2.24, 2.45) is 11.8 Å². The van der Waals surface area contributed by atoms with Gasteiger partial charge in [-0.05, 0) is 63.3 Å². The first-order valence-electron chi connectivity index (χ1n) is 11.8. The summed E-state index contributed by atoms with van der Waals surface area (Å²) in [5, 5.41) is 30.8. The van der Waals surface area contributed by atoms with Gasteiger partial charge in [0.1, 0.15) is 18.5 Å². The van der Waals surface area contributed by atoms with E-state index < -0.39 is 30.1 Å². The lowest BCUT2D eigenvalue weighted by Gasteiger charge is -2.19.